The summed E-state index contributed by atoms with van der Waals surface area (Å²) in [5, 5.41) is 0. The maximum Gasteiger partial charge on any atom is 0.309 e. The minimum Gasteiger partial charge on any atom is -0.466 e. The molecule has 1 atom stereocenters. The molecular weight excluding hydrogens is 299 g/mol. The topological polar surface area (TPSA) is 52.6 Å². The van der Waals surface area contributed by atoms with Crippen molar-refractivity contribution in [3.63, 3.8) is 0 Å². The van der Waals surface area contributed by atoms with Gasteiger partial charge in [-0.25, -0.2) is 0 Å². The highest BCUT2D eigenvalue weighted by Crippen LogP contribution is 2.05. The lowest BCUT2D eigenvalue weighted by Gasteiger charge is -2.13. The maximum atomic E-state index is 11.1. The van der Waals surface area contributed by atoms with Gasteiger partial charge in [0.05, 0.1) is 13.0 Å². The summed E-state index contributed by atoms with van der Waals surface area (Å²) in [4.78, 5) is 21.8. The molecule has 1 unspecified atom stereocenters. The molecule has 0 spiro atoms. The summed E-state index contributed by atoms with van der Waals surface area (Å²) in [6, 6.07) is 0. The Morgan fingerprint density at radius 2 is 2.07 bits per heavy atom. The first-order valence-corrected chi connectivity index (χ1v) is 6.01. The van der Waals surface area contributed by atoms with Crippen molar-refractivity contribution in [1.82, 2.24) is 0 Å². The van der Waals surface area contributed by atoms with Crippen LogP contribution in [0.1, 0.15) is 26.7 Å². The van der Waals surface area contributed by atoms with Crippen LogP contribution in [0.2, 0.25) is 0 Å². The number of alkyl halides is 1. The molecular formula is C9H15IO4. The summed E-state index contributed by atoms with van der Waals surface area (Å²) in [6.07, 6.45) is 0.578. The van der Waals surface area contributed by atoms with Crippen LogP contribution in [-0.2, 0) is 19.1 Å². The maximum absolute atomic E-state index is 11.1. The van der Waals surface area contributed by atoms with Crippen molar-refractivity contribution in [3.05, 3.63) is 0 Å². The number of carbonyl (C=O) groups excluding carboxylic acids is 2. The van der Waals surface area contributed by atoms with Crippen molar-refractivity contribution in [2.24, 2.45) is 0 Å². The third-order valence-corrected chi connectivity index (χ3v) is 2.35. The number of hydrogen-bond acceptors (Lipinski definition) is 4. The molecule has 0 aromatic carbocycles. The second kappa shape index (κ2) is 8.02. The third kappa shape index (κ3) is 7.11. The Labute approximate surface area is 97.5 Å². The zero-order chi connectivity index (χ0) is 11.0. The average molecular weight is 314 g/mol. The second-order valence-corrected chi connectivity index (χ2v) is 3.69. The van der Waals surface area contributed by atoms with Crippen molar-refractivity contribution in [3.8, 4) is 0 Å². The van der Waals surface area contributed by atoms with Gasteiger partial charge in [-0.1, -0.05) is 29.5 Å². The number of esters is 2. The fraction of sp³-hybridized carbons (Fsp3) is 0.778. The zero-order valence-electron chi connectivity index (χ0n) is 8.42. The first-order chi connectivity index (χ1) is 6.60. The summed E-state index contributed by atoms with van der Waals surface area (Å²) in [5.74, 6) is -0.676. The molecule has 0 bridgehead atoms. The fourth-order valence-electron chi connectivity index (χ4n) is 0.823. The van der Waals surface area contributed by atoms with E-state index >= 15 is 0 Å². The number of hydrogen-bond donors (Lipinski definition) is 0. The predicted octanol–water partition coefficient (Wildman–Crippen LogP) is 1.70. The molecule has 0 heterocycles. The smallest absolute Gasteiger partial charge is 0.309 e. The number of carbonyl (C=O) groups is 2. The van der Waals surface area contributed by atoms with Crippen molar-refractivity contribution in [2.45, 2.75) is 32.8 Å². The largest absolute Gasteiger partial charge is 0.466 e. The van der Waals surface area contributed by atoms with Crippen LogP contribution in [-0.4, -0.2) is 29.1 Å². The van der Waals surface area contributed by atoms with E-state index in [2.05, 4.69) is 22.6 Å². The zero-order valence-corrected chi connectivity index (χ0v) is 10.6. The summed E-state index contributed by atoms with van der Waals surface area (Å²) in [6.45, 7) is 3.68. The molecule has 0 aromatic heterocycles. The van der Waals surface area contributed by atoms with Gasteiger partial charge in [-0.15, -0.1) is 0 Å². The van der Waals surface area contributed by atoms with Crippen molar-refractivity contribution in [2.75, 3.05) is 11.0 Å². The van der Waals surface area contributed by atoms with E-state index in [1.807, 2.05) is 6.92 Å². The van der Waals surface area contributed by atoms with Gasteiger partial charge in [0.1, 0.15) is 6.10 Å². The monoisotopic (exact) mass is 314 g/mol. The van der Waals surface area contributed by atoms with E-state index in [9.17, 15) is 9.59 Å². The molecule has 0 rings (SSSR count). The molecule has 0 saturated carbocycles. The van der Waals surface area contributed by atoms with Crippen LogP contribution in [0, 0.1) is 0 Å². The van der Waals surface area contributed by atoms with E-state index in [4.69, 9.17) is 9.47 Å². The summed E-state index contributed by atoms with van der Waals surface area (Å²) >= 11 is 2.07. The Morgan fingerprint density at radius 3 is 2.50 bits per heavy atom. The molecule has 5 heteroatoms. The van der Waals surface area contributed by atoms with Gasteiger partial charge in [-0.3, -0.25) is 9.59 Å². The van der Waals surface area contributed by atoms with Crippen LogP contribution in [0.5, 0.6) is 0 Å². The van der Waals surface area contributed by atoms with Gasteiger partial charge in [-0.2, -0.15) is 0 Å². The highest BCUT2D eigenvalue weighted by atomic mass is 127. The van der Waals surface area contributed by atoms with E-state index in [1.54, 1.807) is 0 Å². The Balaban J connectivity index is 3.80. The molecule has 0 fully saturated rings. The van der Waals surface area contributed by atoms with E-state index < -0.39 is 0 Å². The fourth-order valence-corrected chi connectivity index (χ4v) is 1.31. The molecule has 14 heavy (non-hydrogen) atoms. The van der Waals surface area contributed by atoms with Gasteiger partial charge in [0.25, 0.3) is 0 Å². The lowest BCUT2D eigenvalue weighted by atomic mass is 10.3. The van der Waals surface area contributed by atoms with Crippen LogP contribution in [0.3, 0.4) is 0 Å². The van der Waals surface area contributed by atoms with Crippen LogP contribution in [0.25, 0.3) is 0 Å². The van der Waals surface area contributed by atoms with Crippen molar-refractivity contribution < 1.29 is 19.1 Å². The average Bonchev–Trinajstić information content (AvgIpc) is 2.12. The highest BCUT2D eigenvalue weighted by molar-refractivity contribution is 14.1. The van der Waals surface area contributed by atoms with Crippen LogP contribution >= 0.6 is 22.6 Å². The van der Waals surface area contributed by atoms with Gasteiger partial charge in [0.15, 0.2) is 0 Å². The van der Waals surface area contributed by atoms with E-state index in [1.165, 1.54) is 6.92 Å². The molecule has 0 N–H and O–H groups in total. The van der Waals surface area contributed by atoms with E-state index in [0.717, 1.165) is 6.42 Å². The first kappa shape index (κ1) is 13.7. The molecule has 4 nitrogen and oxygen atoms in total. The molecule has 0 aliphatic carbocycles. The lowest BCUT2D eigenvalue weighted by Crippen LogP contribution is -2.23. The van der Waals surface area contributed by atoms with Crippen LogP contribution in [0.15, 0.2) is 0 Å². The lowest BCUT2D eigenvalue weighted by molar-refractivity contribution is -0.152. The van der Waals surface area contributed by atoms with Crippen molar-refractivity contribution in [1.29, 1.82) is 0 Å². The van der Waals surface area contributed by atoms with Crippen LogP contribution in [0.4, 0.5) is 0 Å². The van der Waals surface area contributed by atoms with Crippen LogP contribution < -0.4 is 0 Å². The molecule has 0 aromatic rings. The molecule has 0 amide bonds. The Hall–Kier alpha value is -0.330. The summed E-state index contributed by atoms with van der Waals surface area (Å²) < 4.78 is 10.4. The van der Waals surface area contributed by atoms with Gasteiger partial charge >= 0.3 is 11.9 Å². The standard InChI is InChI=1S/C9H15IO4/c1-3-4-13-9(12)5-8(6-10)14-7(2)11/h8H,3-6H2,1-2H3. The summed E-state index contributed by atoms with van der Waals surface area (Å²) in [5.41, 5.74) is 0. The summed E-state index contributed by atoms with van der Waals surface area (Å²) in [7, 11) is 0. The Bertz CT molecular complexity index is 193. The van der Waals surface area contributed by atoms with Gasteiger partial charge in [0.2, 0.25) is 0 Å². The minimum absolute atomic E-state index is 0.141. The molecule has 0 aliphatic heterocycles. The van der Waals surface area contributed by atoms with Gasteiger partial charge in [0, 0.05) is 11.4 Å². The number of halogens is 1. The normalized spacial score (nSPS) is 11.9. The number of ether oxygens (including phenoxy) is 2. The van der Waals surface area contributed by atoms with Crippen molar-refractivity contribution >= 4 is 34.5 Å². The molecule has 0 aliphatic rings. The van der Waals surface area contributed by atoms with E-state index in [0.29, 0.717) is 11.0 Å². The second-order valence-electron chi connectivity index (χ2n) is 2.81. The number of rotatable bonds is 6. The molecule has 82 valence electrons. The Kier molecular flexibility index (Phi) is 7.83. The van der Waals surface area contributed by atoms with Gasteiger partial charge < -0.3 is 9.47 Å². The minimum atomic E-state index is -0.366. The molecule has 0 saturated heterocycles. The van der Waals surface area contributed by atoms with E-state index in [-0.39, 0.29) is 24.5 Å². The van der Waals surface area contributed by atoms with Gasteiger partial charge in [-0.05, 0) is 6.42 Å². The highest BCUT2D eigenvalue weighted by Gasteiger charge is 2.16. The quantitative estimate of drug-likeness (QED) is 0.425. The predicted molar refractivity (Wildman–Crippen MR) is 60.3 cm³/mol. The SMILES string of the molecule is CCCOC(=O)CC(CI)OC(C)=O. The third-order valence-electron chi connectivity index (χ3n) is 1.37. The molecule has 0 radical (unpaired) electrons. The Morgan fingerprint density at radius 1 is 1.43 bits per heavy atom. The first-order valence-electron chi connectivity index (χ1n) is 4.49.